The number of hydrogen-bond donors (Lipinski definition) is 3. The number of aliphatic hydroxyl groups excluding tert-OH is 1. The summed E-state index contributed by atoms with van der Waals surface area (Å²) in [6, 6.07) is 0. The summed E-state index contributed by atoms with van der Waals surface area (Å²) in [5.41, 5.74) is 0. The molecule has 0 amide bonds. The third-order valence-corrected chi connectivity index (χ3v) is 20.8. The molecule has 0 aromatic rings. The van der Waals surface area contributed by atoms with Crippen LogP contribution < -0.4 is 0 Å². The molecule has 17 nitrogen and oxygen atoms in total. The highest BCUT2D eigenvalue weighted by molar-refractivity contribution is 7.47. The van der Waals surface area contributed by atoms with Gasteiger partial charge in [0, 0.05) is 25.7 Å². The largest absolute Gasteiger partial charge is 0.472 e. The van der Waals surface area contributed by atoms with Crippen LogP contribution in [0.2, 0.25) is 0 Å². The number of unbranched alkanes of at least 4 members (excludes halogenated alkanes) is 50. The fraction of sp³-hybridized carbons (Fsp3) is 0.949. The summed E-state index contributed by atoms with van der Waals surface area (Å²) in [5, 5.41) is 10.6. The number of aliphatic hydroxyl groups is 1. The summed E-state index contributed by atoms with van der Waals surface area (Å²) in [6.45, 7) is 7.31. The molecule has 0 radical (unpaired) electrons. The normalized spacial score (nSPS) is 14.2. The van der Waals surface area contributed by atoms with Crippen molar-refractivity contribution >= 4 is 39.5 Å². The lowest BCUT2D eigenvalue weighted by molar-refractivity contribution is -0.161. The van der Waals surface area contributed by atoms with E-state index < -0.39 is 97.5 Å². The topological polar surface area (TPSA) is 237 Å². The predicted molar refractivity (Wildman–Crippen MR) is 400 cm³/mol. The Bertz CT molecular complexity index is 1880. The van der Waals surface area contributed by atoms with Gasteiger partial charge >= 0.3 is 39.5 Å². The Labute approximate surface area is 600 Å². The molecule has 0 saturated carbocycles. The van der Waals surface area contributed by atoms with Crippen LogP contribution in [-0.2, 0) is 65.4 Å². The van der Waals surface area contributed by atoms with E-state index in [-0.39, 0.29) is 25.7 Å². The Morgan fingerprint density at radius 3 is 0.724 bits per heavy atom. The first kappa shape index (κ1) is 96.1. The molecule has 3 N–H and O–H groups in total. The Morgan fingerprint density at radius 2 is 0.490 bits per heavy atom. The zero-order valence-corrected chi connectivity index (χ0v) is 65.7. The van der Waals surface area contributed by atoms with Crippen molar-refractivity contribution in [3.63, 3.8) is 0 Å². The highest BCUT2D eigenvalue weighted by atomic mass is 31.2. The molecule has 0 aliphatic carbocycles. The van der Waals surface area contributed by atoms with Crippen LogP contribution in [0.25, 0.3) is 0 Å². The van der Waals surface area contributed by atoms with Crippen molar-refractivity contribution in [2.45, 2.75) is 438 Å². The summed E-state index contributed by atoms with van der Waals surface area (Å²) in [5.74, 6) is -1.34. The lowest BCUT2D eigenvalue weighted by Crippen LogP contribution is -2.30. The van der Waals surface area contributed by atoms with Crippen LogP contribution in [-0.4, -0.2) is 96.7 Å². The molecule has 0 spiro atoms. The van der Waals surface area contributed by atoms with E-state index in [1.807, 2.05) is 0 Å². The summed E-state index contributed by atoms with van der Waals surface area (Å²) in [7, 11) is -9.91. The molecule has 98 heavy (non-hydrogen) atoms. The SMILES string of the molecule is CCCCCCCCCCCCCCCCCCCCCCC(=O)O[C@H](COC(=O)CCCCCCCCCCCCCCCC)COP(=O)(O)OC[C@@H](O)COP(=O)(O)OC[C@@H](COC(=O)CCCCCCCCCCCCCC)OC(=O)CCCCCCCCCCC(C)CC. The van der Waals surface area contributed by atoms with Gasteiger partial charge < -0.3 is 33.8 Å². The second-order valence-corrected chi connectivity index (χ2v) is 31.6. The van der Waals surface area contributed by atoms with E-state index in [9.17, 15) is 43.2 Å². The Morgan fingerprint density at radius 1 is 0.286 bits per heavy atom. The van der Waals surface area contributed by atoms with E-state index in [1.54, 1.807) is 0 Å². The molecule has 6 atom stereocenters. The van der Waals surface area contributed by atoms with Gasteiger partial charge in [0.25, 0.3) is 0 Å². The molecular weight excluding hydrogens is 1280 g/mol. The van der Waals surface area contributed by atoms with Gasteiger partial charge in [0.2, 0.25) is 0 Å². The molecule has 0 aliphatic rings. The molecule has 3 unspecified atom stereocenters. The van der Waals surface area contributed by atoms with Gasteiger partial charge in [0.05, 0.1) is 26.4 Å². The van der Waals surface area contributed by atoms with Gasteiger partial charge in [-0.1, -0.05) is 369 Å². The van der Waals surface area contributed by atoms with Gasteiger partial charge in [0.1, 0.15) is 19.3 Å². The van der Waals surface area contributed by atoms with E-state index in [0.29, 0.717) is 25.7 Å². The molecule has 0 bridgehead atoms. The van der Waals surface area contributed by atoms with Crippen LogP contribution in [0.5, 0.6) is 0 Å². The molecule has 0 heterocycles. The van der Waals surface area contributed by atoms with Crippen LogP contribution >= 0.6 is 15.6 Å². The maximum atomic E-state index is 13.1. The monoisotopic (exact) mass is 1440 g/mol. The average Bonchev–Trinajstić information content (AvgIpc) is 1.01. The van der Waals surface area contributed by atoms with Crippen molar-refractivity contribution in [2.75, 3.05) is 39.6 Å². The Kier molecular flexibility index (Phi) is 70.6. The minimum atomic E-state index is -4.96. The molecule has 582 valence electrons. The predicted octanol–water partition coefficient (Wildman–Crippen LogP) is 23.6. The fourth-order valence-corrected chi connectivity index (χ4v) is 13.8. The second kappa shape index (κ2) is 72.0. The second-order valence-electron chi connectivity index (χ2n) is 28.7. The first-order chi connectivity index (χ1) is 47.6. The third kappa shape index (κ3) is 71.1. The standard InChI is InChI=1S/C79H154O17P2/c1-6-10-13-16-19-22-25-28-30-31-32-33-34-35-37-40-43-49-54-59-64-78(83)95-74(68-89-77(82)63-58-53-48-42-39-36-29-26-23-20-17-14-11-7-2)70-93-97(85,86)91-66-73(80)67-92-98(87,88)94-71-75(96-79(84)65-60-55-50-45-44-46-51-56-61-72(5)9-4)69-90-76(81)62-57-52-47-41-38-27-24-21-18-15-12-8-3/h72-75,80H,6-71H2,1-5H3,(H,85,86)(H,87,88)/t72?,73-,74-,75-/m1/s1. The maximum absolute atomic E-state index is 13.1. The molecule has 19 heteroatoms. The smallest absolute Gasteiger partial charge is 0.462 e. The molecule has 0 aliphatic heterocycles. The third-order valence-electron chi connectivity index (χ3n) is 18.9. The average molecular weight is 1440 g/mol. The van der Waals surface area contributed by atoms with Gasteiger partial charge in [0.15, 0.2) is 12.2 Å². The highest BCUT2D eigenvalue weighted by Crippen LogP contribution is 2.45. The first-order valence-corrected chi connectivity index (χ1v) is 44.2. The summed E-state index contributed by atoms with van der Waals surface area (Å²) in [6.07, 6.45) is 62.3. The van der Waals surface area contributed by atoms with Crippen molar-refractivity contribution in [3.8, 4) is 0 Å². The maximum Gasteiger partial charge on any atom is 0.472 e. The van der Waals surface area contributed by atoms with Gasteiger partial charge in [-0.05, 0) is 31.6 Å². The van der Waals surface area contributed by atoms with Gasteiger partial charge in [-0.3, -0.25) is 37.3 Å². The van der Waals surface area contributed by atoms with Crippen molar-refractivity contribution < 1.29 is 80.2 Å². The van der Waals surface area contributed by atoms with Crippen LogP contribution in [0, 0.1) is 5.92 Å². The van der Waals surface area contributed by atoms with Crippen LogP contribution in [0.4, 0.5) is 0 Å². The minimum Gasteiger partial charge on any atom is -0.462 e. The summed E-state index contributed by atoms with van der Waals surface area (Å²) in [4.78, 5) is 72.9. The van der Waals surface area contributed by atoms with Gasteiger partial charge in [-0.25, -0.2) is 9.13 Å². The number of rotatable bonds is 79. The molecule has 0 rings (SSSR count). The van der Waals surface area contributed by atoms with E-state index in [2.05, 4.69) is 34.6 Å². The number of carbonyl (C=O) groups is 4. The molecule has 0 aromatic heterocycles. The number of esters is 4. The number of ether oxygens (including phenoxy) is 4. The number of phosphoric ester groups is 2. The van der Waals surface area contributed by atoms with Crippen molar-refractivity contribution in [1.29, 1.82) is 0 Å². The zero-order chi connectivity index (χ0) is 71.9. The van der Waals surface area contributed by atoms with Crippen LogP contribution in [0.1, 0.15) is 420 Å². The van der Waals surface area contributed by atoms with E-state index in [0.717, 1.165) is 95.8 Å². The summed E-state index contributed by atoms with van der Waals surface area (Å²) < 4.78 is 68.7. The van der Waals surface area contributed by atoms with Crippen LogP contribution in [0.15, 0.2) is 0 Å². The van der Waals surface area contributed by atoms with E-state index >= 15 is 0 Å². The van der Waals surface area contributed by atoms with Gasteiger partial charge in [-0.15, -0.1) is 0 Å². The quantitative estimate of drug-likeness (QED) is 0.0222. The molecule has 0 aromatic carbocycles. The number of carbonyl (C=O) groups excluding carboxylic acids is 4. The highest BCUT2D eigenvalue weighted by Gasteiger charge is 2.30. The van der Waals surface area contributed by atoms with Crippen LogP contribution in [0.3, 0.4) is 0 Å². The van der Waals surface area contributed by atoms with Crippen molar-refractivity contribution in [2.24, 2.45) is 5.92 Å². The Hall–Kier alpha value is -1.94. The minimum absolute atomic E-state index is 0.106. The van der Waals surface area contributed by atoms with E-state index in [1.165, 1.54) is 244 Å². The molecule has 0 fully saturated rings. The summed E-state index contributed by atoms with van der Waals surface area (Å²) >= 11 is 0. The number of phosphoric acid groups is 2. The fourth-order valence-electron chi connectivity index (χ4n) is 12.2. The van der Waals surface area contributed by atoms with E-state index in [4.69, 9.17) is 37.0 Å². The van der Waals surface area contributed by atoms with Gasteiger partial charge in [-0.2, -0.15) is 0 Å². The number of hydrogen-bond acceptors (Lipinski definition) is 15. The van der Waals surface area contributed by atoms with Crippen molar-refractivity contribution in [3.05, 3.63) is 0 Å². The molecule has 0 saturated heterocycles. The Balaban J connectivity index is 5.23. The lowest BCUT2D eigenvalue weighted by Gasteiger charge is -2.21. The zero-order valence-electron chi connectivity index (χ0n) is 63.9. The molecular formula is C79H154O17P2. The first-order valence-electron chi connectivity index (χ1n) is 41.2. The van der Waals surface area contributed by atoms with Crippen molar-refractivity contribution in [1.82, 2.24) is 0 Å². The lowest BCUT2D eigenvalue weighted by atomic mass is 9.99.